The molecule has 2 heterocycles. The molecule has 7 heteroatoms. The normalized spacial score (nSPS) is 23.1. The minimum absolute atomic E-state index is 0.158. The van der Waals surface area contributed by atoms with Gasteiger partial charge in [-0.25, -0.2) is 0 Å². The molecule has 2 bridgehead atoms. The summed E-state index contributed by atoms with van der Waals surface area (Å²) in [5.41, 5.74) is 2.53. The number of ether oxygens (including phenoxy) is 2. The lowest BCUT2D eigenvalue weighted by Gasteiger charge is -2.56. The van der Waals surface area contributed by atoms with Gasteiger partial charge in [-0.3, -0.25) is 9.69 Å². The Morgan fingerprint density at radius 3 is 2.61 bits per heavy atom. The topological polar surface area (TPSA) is 62.8 Å². The summed E-state index contributed by atoms with van der Waals surface area (Å²) in [6.07, 6.45) is 0. The second-order valence-corrected chi connectivity index (χ2v) is 8.88. The van der Waals surface area contributed by atoms with Crippen LogP contribution in [0.2, 0.25) is 0 Å². The highest BCUT2D eigenvalue weighted by Gasteiger charge is 2.59. The molecule has 1 amide bonds. The van der Waals surface area contributed by atoms with Crippen LogP contribution in [-0.4, -0.2) is 23.9 Å². The van der Waals surface area contributed by atoms with Gasteiger partial charge in [0, 0.05) is 16.9 Å². The highest BCUT2D eigenvalue weighted by molar-refractivity contribution is 7.80. The molecular formula is C26H25N3O3S. The van der Waals surface area contributed by atoms with Crippen molar-refractivity contribution < 1.29 is 14.3 Å². The Bertz CT molecular complexity index is 1230. The SMILES string of the molecule is COc1ccc(NC(=O)[C@@H]2[C@H]3NC(=S)N(c4cccc(C)c4)[C@]2(C)Oc2ccccc23)cc1. The molecule has 0 spiro atoms. The first kappa shape index (κ1) is 21.3. The van der Waals surface area contributed by atoms with Crippen molar-refractivity contribution in [1.82, 2.24) is 5.32 Å². The fraction of sp³-hybridized carbons (Fsp3) is 0.231. The average molecular weight is 460 g/mol. The molecule has 3 atom stereocenters. The molecule has 1 fully saturated rings. The Morgan fingerprint density at radius 1 is 1.12 bits per heavy atom. The van der Waals surface area contributed by atoms with Crippen molar-refractivity contribution in [3.63, 3.8) is 0 Å². The summed E-state index contributed by atoms with van der Waals surface area (Å²) < 4.78 is 11.8. The average Bonchev–Trinajstić information content (AvgIpc) is 2.79. The number of thiocarbonyl (C=S) groups is 1. The van der Waals surface area contributed by atoms with Gasteiger partial charge in [-0.2, -0.15) is 0 Å². The quantitative estimate of drug-likeness (QED) is 0.547. The number of aryl methyl sites for hydroxylation is 1. The number of para-hydroxylation sites is 1. The minimum atomic E-state index is -1.04. The summed E-state index contributed by atoms with van der Waals surface area (Å²) in [6, 6.07) is 22.8. The highest BCUT2D eigenvalue weighted by atomic mass is 32.1. The molecule has 0 radical (unpaired) electrons. The Hall–Kier alpha value is -3.58. The van der Waals surface area contributed by atoms with Crippen molar-refractivity contribution in [1.29, 1.82) is 0 Å². The molecule has 33 heavy (non-hydrogen) atoms. The minimum Gasteiger partial charge on any atom is -0.497 e. The van der Waals surface area contributed by atoms with E-state index in [1.807, 2.05) is 91.5 Å². The fourth-order valence-corrected chi connectivity index (χ4v) is 5.19. The third-order valence-corrected chi connectivity index (χ3v) is 6.61. The number of carbonyl (C=O) groups is 1. The zero-order chi connectivity index (χ0) is 23.2. The van der Waals surface area contributed by atoms with E-state index in [1.54, 1.807) is 7.11 Å². The largest absolute Gasteiger partial charge is 0.497 e. The van der Waals surface area contributed by atoms with E-state index in [9.17, 15) is 4.79 Å². The lowest BCUT2D eigenvalue weighted by molar-refractivity contribution is -0.130. The van der Waals surface area contributed by atoms with Gasteiger partial charge in [-0.15, -0.1) is 0 Å². The third-order valence-electron chi connectivity index (χ3n) is 6.31. The number of fused-ring (bicyclic) bond motifs is 4. The van der Waals surface area contributed by atoms with Crippen molar-refractivity contribution in [2.75, 3.05) is 17.3 Å². The van der Waals surface area contributed by atoms with E-state index >= 15 is 0 Å². The van der Waals surface area contributed by atoms with Crippen molar-refractivity contribution >= 4 is 34.6 Å². The van der Waals surface area contributed by atoms with Crippen LogP contribution in [0, 0.1) is 12.8 Å². The van der Waals surface area contributed by atoms with Crippen LogP contribution < -0.4 is 25.0 Å². The lowest BCUT2D eigenvalue weighted by Crippen LogP contribution is -2.72. The van der Waals surface area contributed by atoms with Gasteiger partial charge in [0.1, 0.15) is 17.4 Å². The molecule has 2 N–H and O–H groups in total. The molecule has 1 saturated heterocycles. The van der Waals surface area contributed by atoms with Gasteiger partial charge < -0.3 is 20.1 Å². The van der Waals surface area contributed by atoms with Crippen molar-refractivity contribution in [2.45, 2.75) is 25.6 Å². The van der Waals surface area contributed by atoms with Gasteiger partial charge in [-0.05, 0) is 74.1 Å². The summed E-state index contributed by atoms with van der Waals surface area (Å²) >= 11 is 5.79. The smallest absolute Gasteiger partial charge is 0.236 e. The monoisotopic (exact) mass is 459 g/mol. The van der Waals surface area contributed by atoms with Gasteiger partial charge in [0.15, 0.2) is 10.8 Å². The number of methoxy groups -OCH3 is 1. The first-order valence-electron chi connectivity index (χ1n) is 10.8. The van der Waals surface area contributed by atoms with Crippen LogP contribution in [0.1, 0.15) is 24.1 Å². The van der Waals surface area contributed by atoms with E-state index in [1.165, 1.54) is 0 Å². The number of nitrogens with zero attached hydrogens (tertiary/aromatic N) is 1. The molecule has 5 rings (SSSR count). The Labute approximate surface area is 198 Å². The molecule has 3 aromatic carbocycles. The number of hydrogen-bond donors (Lipinski definition) is 2. The first-order chi connectivity index (χ1) is 15.9. The van der Waals surface area contributed by atoms with Gasteiger partial charge in [-0.1, -0.05) is 30.3 Å². The molecule has 0 saturated carbocycles. The molecule has 2 aliphatic heterocycles. The van der Waals surface area contributed by atoms with E-state index in [4.69, 9.17) is 21.7 Å². The number of amides is 1. The zero-order valence-electron chi connectivity index (χ0n) is 18.7. The molecular weight excluding hydrogens is 434 g/mol. The van der Waals surface area contributed by atoms with Crippen LogP contribution in [0.15, 0.2) is 72.8 Å². The van der Waals surface area contributed by atoms with Gasteiger partial charge in [0.05, 0.1) is 13.2 Å². The first-order valence-corrected chi connectivity index (χ1v) is 11.2. The van der Waals surface area contributed by atoms with Gasteiger partial charge >= 0.3 is 0 Å². The Balaban J connectivity index is 1.59. The van der Waals surface area contributed by atoms with E-state index in [2.05, 4.69) is 10.6 Å². The number of anilines is 2. The van der Waals surface area contributed by atoms with Crippen molar-refractivity contribution in [3.8, 4) is 11.5 Å². The van der Waals surface area contributed by atoms with Crippen LogP contribution >= 0.6 is 12.2 Å². The number of carbonyl (C=O) groups excluding carboxylic acids is 1. The molecule has 0 unspecified atom stereocenters. The maximum absolute atomic E-state index is 13.8. The molecule has 3 aromatic rings. The highest BCUT2D eigenvalue weighted by Crippen LogP contribution is 2.49. The van der Waals surface area contributed by atoms with Gasteiger partial charge in [0.2, 0.25) is 5.91 Å². The summed E-state index contributed by atoms with van der Waals surface area (Å²) in [7, 11) is 1.61. The standard InChI is InChI=1S/C26H25N3O3S/c1-16-7-6-8-18(15-16)29-25(33)28-23-20-9-4-5-10-21(20)32-26(29,2)22(23)24(30)27-17-11-13-19(31-3)14-12-17/h4-15,22-23H,1-3H3,(H,27,30)(H,28,33)/t22-,23-,26+/m0/s1. The predicted octanol–water partition coefficient (Wildman–Crippen LogP) is 4.80. The molecule has 168 valence electrons. The van der Waals surface area contributed by atoms with Crippen LogP contribution in [0.4, 0.5) is 11.4 Å². The van der Waals surface area contributed by atoms with Crippen LogP contribution in [0.3, 0.4) is 0 Å². The zero-order valence-corrected chi connectivity index (χ0v) is 19.5. The Morgan fingerprint density at radius 2 is 1.88 bits per heavy atom. The van der Waals surface area contributed by atoms with Crippen LogP contribution in [-0.2, 0) is 4.79 Å². The van der Waals surface area contributed by atoms with E-state index in [0.29, 0.717) is 10.8 Å². The molecule has 2 aliphatic rings. The predicted molar refractivity (Wildman–Crippen MR) is 133 cm³/mol. The third kappa shape index (κ3) is 3.58. The van der Waals surface area contributed by atoms with Crippen molar-refractivity contribution in [2.24, 2.45) is 5.92 Å². The molecule has 0 aromatic heterocycles. The summed E-state index contributed by atoms with van der Waals surface area (Å²) in [6.45, 7) is 3.96. The maximum atomic E-state index is 13.8. The summed E-state index contributed by atoms with van der Waals surface area (Å²) in [5.74, 6) is 0.729. The number of rotatable bonds is 4. The summed E-state index contributed by atoms with van der Waals surface area (Å²) in [5, 5.41) is 7.01. The molecule has 6 nitrogen and oxygen atoms in total. The Kier molecular flexibility index (Phi) is 5.21. The van der Waals surface area contributed by atoms with Crippen LogP contribution in [0.25, 0.3) is 0 Å². The second-order valence-electron chi connectivity index (χ2n) is 8.49. The van der Waals surface area contributed by atoms with E-state index < -0.39 is 11.6 Å². The van der Waals surface area contributed by atoms with Crippen LogP contribution in [0.5, 0.6) is 11.5 Å². The number of nitrogens with one attached hydrogen (secondary N) is 2. The molecule has 0 aliphatic carbocycles. The fourth-order valence-electron chi connectivity index (χ4n) is 4.78. The van der Waals surface area contributed by atoms with Crippen molar-refractivity contribution in [3.05, 3.63) is 83.9 Å². The maximum Gasteiger partial charge on any atom is 0.236 e. The van der Waals surface area contributed by atoms with E-state index in [0.717, 1.165) is 28.3 Å². The number of hydrogen-bond acceptors (Lipinski definition) is 4. The second kappa shape index (κ2) is 8.08. The lowest BCUT2D eigenvalue weighted by atomic mass is 9.78. The number of benzene rings is 3. The van der Waals surface area contributed by atoms with E-state index in [-0.39, 0.29) is 11.9 Å². The summed E-state index contributed by atoms with van der Waals surface area (Å²) in [4.78, 5) is 15.7. The van der Waals surface area contributed by atoms with Gasteiger partial charge in [0.25, 0.3) is 0 Å².